The van der Waals surface area contributed by atoms with Crippen molar-refractivity contribution < 1.29 is 14.3 Å². The van der Waals surface area contributed by atoms with E-state index in [2.05, 4.69) is 0 Å². The van der Waals surface area contributed by atoms with Gasteiger partial charge in [-0.25, -0.2) is 0 Å². The van der Waals surface area contributed by atoms with Crippen molar-refractivity contribution in [1.82, 2.24) is 4.57 Å². The van der Waals surface area contributed by atoms with Gasteiger partial charge < -0.3 is 9.30 Å². The van der Waals surface area contributed by atoms with Crippen LogP contribution in [0.25, 0.3) is 0 Å². The molecular weight excluding hydrogens is 254 g/mol. The van der Waals surface area contributed by atoms with Gasteiger partial charge in [0.25, 0.3) is 0 Å². The van der Waals surface area contributed by atoms with Gasteiger partial charge in [0, 0.05) is 32.3 Å². The number of nitrogens with zero attached hydrogens (tertiary/aromatic N) is 1. The molecule has 3 rings (SSSR count). The second-order valence-corrected chi connectivity index (χ2v) is 5.03. The lowest BCUT2D eigenvalue weighted by Crippen LogP contribution is -2.13. The normalized spacial score (nSPS) is 17.1. The van der Waals surface area contributed by atoms with Crippen molar-refractivity contribution in [2.24, 2.45) is 0 Å². The van der Waals surface area contributed by atoms with Gasteiger partial charge in [-0.1, -0.05) is 6.07 Å². The van der Waals surface area contributed by atoms with Crippen molar-refractivity contribution in [3.05, 3.63) is 53.9 Å². The van der Waals surface area contributed by atoms with Crippen molar-refractivity contribution in [2.45, 2.75) is 25.8 Å². The molecule has 102 valence electrons. The van der Waals surface area contributed by atoms with Crippen LogP contribution < -0.4 is 4.74 Å². The minimum Gasteiger partial charge on any atom is -0.427 e. The summed E-state index contributed by atoms with van der Waals surface area (Å²) in [5.74, 6) is 0.265. The second-order valence-electron chi connectivity index (χ2n) is 5.03. The van der Waals surface area contributed by atoms with Crippen molar-refractivity contribution in [2.75, 3.05) is 0 Å². The van der Waals surface area contributed by atoms with Gasteiger partial charge in [-0.15, -0.1) is 0 Å². The lowest BCUT2D eigenvalue weighted by atomic mass is 10.0. The average Bonchev–Trinajstić information content (AvgIpc) is 2.98. The first-order valence-corrected chi connectivity index (χ1v) is 6.58. The Kier molecular flexibility index (Phi) is 3.14. The smallest absolute Gasteiger partial charge is 0.308 e. The van der Waals surface area contributed by atoms with Crippen LogP contribution in [0.1, 0.15) is 24.0 Å². The fourth-order valence-corrected chi connectivity index (χ4v) is 2.69. The number of rotatable bonds is 3. The molecule has 4 nitrogen and oxygen atoms in total. The number of ketones is 1. The van der Waals surface area contributed by atoms with E-state index in [1.807, 2.05) is 35.2 Å². The van der Waals surface area contributed by atoms with Crippen molar-refractivity contribution in [3.8, 4) is 5.75 Å². The van der Waals surface area contributed by atoms with Crippen LogP contribution in [0.2, 0.25) is 0 Å². The number of aromatic nitrogens is 1. The third-order valence-corrected chi connectivity index (χ3v) is 3.56. The van der Waals surface area contributed by atoms with Gasteiger partial charge in [-0.3, -0.25) is 9.59 Å². The maximum atomic E-state index is 12.2. The first-order chi connectivity index (χ1) is 9.63. The molecule has 1 atom stereocenters. The van der Waals surface area contributed by atoms with Crippen molar-refractivity contribution >= 4 is 11.8 Å². The highest BCUT2D eigenvalue weighted by atomic mass is 16.5. The highest BCUT2D eigenvalue weighted by Gasteiger charge is 2.30. The maximum Gasteiger partial charge on any atom is 0.308 e. The molecule has 2 aromatic rings. The number of hydrogen-bond donors (Lipinski definition) is 0. The predicted octanol–water partition coefficient (Wildman–Crippen LogP) is 2.32. The summed E-state index contributed by atoms with van der Waals surface area (Å²) < 4.78 is 7.07. The number of carbonyl (C=O) groups is 2. The van der Waals surface area contributed by atoms with E-state index in [0.29, 0.717) is 18.7 Å². The molecule has 0 saturated heterocycles. The molecule has 1 unspecified atom stereocenters. The molecule has 1 aliphatic rings. The second kappa shape index (κ2) is 4.96. The number of hydrogen-bond acceptors (Lipinski definition) is 3. The van der Waals surface area contributed by atoms with Crippen molar-refractivity contribution in [3.63, 3.8) is 0 Å². The molecule has 1 aromatic carbocycles. The molecule has 1 aliphatic carbocycles. The van der Waals surface area contributed by atoms with E-state index in [0.717, 1.165) is 11.1 Å². The Morgan fingerprint density at radius 3 is 2.80 bits per heavy atom. The van der Waals surface area contributed by atoms with E-state index in [4.69, 9.17) is 4.74 Å². The zero-order valence-corrected chi connectivity index (χ0v) is 11.2. The van der Waals surface area contributed by atoms with Crippen LogP contribution in [0.4, 0.5) is 0 Å². The third-order valence-electron chi connectivity index (χ3n) is 3.56. The molecule has 4 heteroatoms. The van der Waals surface area contributed by atoms with Crippen LogP contribution in [-0.2, 0) is 22.6 Å². The lowest BCUT2D eigenvalue weighted by molar-refractivity contribution is -0.131. The van der Waals surface area contributed by atoms with E-state index < -0.39 is 0 Å². The summed E-state index contributed by atoms with van der Waals surface area (Å²) in [6, 6.07) is 9.34. The monoisotopic (exact) mass is 269 g/mol. The van der Waals surface area contributed by atoms with E-state index in [1.54, 1.807) is 12.1 Å². The fourth-order valence-electron chi connectivity index (χ4n) is 2.69. The Morgan fingerprint density at radius 1 is 1.35 bits per heavy atom. The van der Waals surface area contributed by atoms with Crippen LogP contribution in [0.5, 0.6) is 5.75 Å². The van der Waals surface area contributed by atoms with Gasteiger partial charge in [-0.05, 0) is 35.4 Å². The molecule has 0 spiro atoms. The molecule has 20 heavy (non-hydrogen) atoms. The highest BCUT2D eigenvalue weighted by Crippen LogP contribution is 2.34. The number of benzene rings is 1. The van der Waals surface area contributed by atoms with Crippen LogP contribution in [0, 0.1) is 0 Å². The summed E-state index contributed by atoms with van der Waals surface area (Å²) in [5, 5.41) is 0. The van der Waals surface area contributed by atoms with E-state index in [9.17, 15) is 9.59 Å². The number of Topliss-reactive ketones (excluding diaryl/α,β-unsaturated/α-hetero) is 1. The molecule has 0 fully saturated rings. The zero-order chi connectivity index (χ0) is 14.1. The third kappa shape index (κ3) is 2.37. The summed E-state index contributed by atoms with van der Waals surface area (Å²) >= 11 is 0. The largest absolute Gasteiger partial charge is 0.427 e. The maximum absolute atomic E-state index is 12.2. The van der Waals surface area contributed by atoms with Crippen LogP contribution in [-0.4, -0.2) is 16.3 Å². The van der Waals surface area contributed by atoms with Gasteiger partial charge in [0.15, 0.2) is 0 Å². The summed E-state index contributed by atoms with van der Waals surface area (Å²) in [4.78, 5) is 23.1. The molecular formula is C16H15NO3. The van der Waals surface area contributed by atoms with Gasteiger partial charge in [0.05, 0.1) is 5.92 Å². The summed E-state index contributed by atoms with van der Waals surface area (Å²) in [5.41, 5.74) is 2.01. The van der Waals surface area contributed by atoms with E-state index in [1.165, 1.54) is 6.92 Å². The number of fused-ring (bicyclic) bond motifs is 1. The van der Waals surface area contributed by atoms with Gasteiger partial charge >= 0.3 is 5.97 Å². The minimum atomic E-state index is -0.349. The number of ether oxygens (including phenoxy) is 1. The Hall–Kier alpha value is -2.36. The molecule has 0 aliphatic heterocycles. The first-order valence-electron chi connectivity index (χ1n) is 6.58. The predicted molar refractivity (Wildman–Crippen MR) is 73.6 cm³/mol. The Bertz CT molecular complexity index is 658. The Labute approximate surface area is 117 Å². The molecule has 1 heterocycles. The minimum absolute atomic E-state index is 0.108. The topological polar surface area (TPSA) is 48.3 Å². The molecule has 0 bridgehead atoms. The summed E-state index contributed by atoms with van der Waals surface area (Å²) in [7, 11) is 0. The average molecular weight is 269 g/mol. The standard InChI is InChI=1S/C16H15NO3/c1-11(18)20-13-4-5-14-12(8-13)9-16(19)15(14)10-17-6-2-3-7-17/h2-8,15H,9-10H2,1H3. The number of esters is 1. The summed E-state index contributed by atoms with van der Waals surface area (Å²) in [6.07, 6.45) is 4.33. The van der Waals surface area contributed by atoms with E-state index in [-0.39, 0.29) is 17.7 Å². The zero-order valence-electron chi connectivity index (χ0n) is 11.2. The summed E-state index contributed by atoms with van der Waals surface area (Å²) in [6.45, 7) is 2.03. The Balaban J connectivity index is 1.87. The van der Waals surface area contributed by atoms with Gasteiger partial charge in [0.2, 0.25) is 0 Å². The van der Waals surface area contributed by atoms with Gasteiger partial charge in [0.1, 0.15) is 11.5 Å². The van der Waals surface area contributed by atoms with Crippen LogP contribution in [0.3, 0.4) is 0 Å². The molecule has 0 saturated carbocycles. The first kappa shape index (κ1) is 12.7. The van der Waals surface area contributed by atoms with E-state index >= 15 is 0 Å². The molecule has 1 aromatic heterocycles. The SMILES string of the molecule is CC(=O)Oc1ccc2c(c1)CC(=O)C2Cn1cccc1. The number of carbonyl (C=O) groups excluding carboxylic acids is 2. The quantitative estimate of drug-likeness (QED) is 0.634. The molecule has 0 N–H and O–H groups in total. The van der Waals surface area contributed by atoms with Crippen LogP contribution >= 0.6 is 0 Å². The lowest BCUT2D eigenvalue weighted by Gasteiger charge is -2.12. The van der Waals surface area contributed by atoms with Crippen LogP contribution in [0.15, 0.2) is 42.7 Å². The molecule has 0 radical (unpaired) electrons. The fraction of sp³-hybridized carbons (Fsp3) is 0.250. The Morgan fingerprint density at radius 2 is 2.10 bits per heavy atom. The van der Waals surface area contributed by atoms with Crippen molar-refractivity contribution in [1.29, 1.82) is 0 Å². The highest BCUT2D eigenvalue weighted by molar-refractivity contribution is 5.92. The molecule has 0 amide bonds. The van der Waals surface area contributed by atoms with Gasteiger partial charge in [-0.2, -0.15) is 0 Å².